The molecule has 4 fully saturated rings. The Kier molecular flexibility index (Phi) is 26.2. The SMILES string of the molecule is Cc1c2oc3c(C)ccc(C(=O)NC4C(=O)NC(C(C)C)C(=O)N5CCCC5C(=O)N(C)CC(=O)N(C)C(C(C)C)C(=O)OC4C)c3nc-2c(C(=O)NC2C(=O)NC(C(C)C)C(=O)N3CCCC3C(=O)N(C)CC(=O)N(C)C(C(C)C)C(=O)OC2C)c(NCCCCCCCCN)c1=O. The molecule has 6 aliphatic rings. The van der Waals surface area contributed by atoms with Gasteiger partial charge in [0.05, 0.1) is 29.9 Å². The third-order valence-corrected chi connectivity index (χ3v) is 19.4. The van der Waals surface area contributed by atoms with Gasteiger partial charge in [0, 0.05) is 53.4 Å². The van der Waals surface area contributed by atoms with Crippen molar-refractivity contribution >= 4 is 87.8 Å². The van der Waals surface area contributed by atoms with Gasteiger partial charge in [-0.05, 0) is 108 Å². The lowest BCUT2D eigenvalue weighted by molar-refractivity contribution is -0.163. The largest absolute Gasteiger partial charge is 0.458 e. The molecular weight excluding hydrogens is 1280 g/mol. The molecule has 5 aliphatic heterocycles. The number of hydrogen-bond donors (Lipinski definition) is 6. The highest BCUT2D eigenvalue weighted by Crippen LogP contribution is 2.36. The number of unbranched alkanes of at least 4 members (excludes halogenated alkanes) is 5. The van der Waals surface area contributed by atoms with Crippen LogP contribution in [0, 0.1) is 37.5 Å². The van der Waals surface area contributed by atoms with Crippen molar-refractivity contribution in [1.29, 1.82) is 0 Å². The van der Waals surface area contributed by atoms with E-state index in [4.69, 9.17) is 24.6 Å². The van der Waals surface area contributed by atoms with Gasteiger partial charge in [-0.2, -0.15) is 0 Å². The van der Waals surface area contributed by atoms with Crippen LogP contribution in [-0.4, -0.2) is 233 Å². The molecule has 0 saturated carbocycles. The van der Waals surface area contributed by atoms with Crippen molar-refractivity contribution in [2.24, 2.45) is 29.4 Å². The molecule has 7 rings (SSSR count). The van der Waals surface area contributed by atoms with E-state index in [9.17, 15) is 38.4 Å². The zero-order valence-corrected chi connectivity index (χ0v) is 60.3. The second-order valence-electron chi connectivity index (χ2n) is 28.3. The van der Waals surface area contributed by atoms with Crippen molar-refractivity contribution in [2.75, 3.05) is 72.8 Å². The van der Waals surface area contributed by atoms with Crippen LogP contribution >= 0.6 is 0 Å². The highest BCUT2D eigenvalue weighted by atomic mass is 16.6. The van der Waals surface area contributed by atoms with Gasteiger partial charge >= 0.3 is 11.9 Å². The molecule has 1 aromatic carbocycles. The van der Waals surface area contributed by atoms with E-state index in [-0.39, 0.29) is 71.8 Å². The van der Waals surface area contributed by atoms with E-state index >= 15 is 24.0 Å². The first-order valence-electron chi connectivity index (χ1n) is 34.8. The average molecular weight is 1380 g/mol. The fourth-order valence-electron chi connectivity index (χ4n) is 13.6. The fourth-order valence-corrected chi connectivity index (χ4v) is 13.6. The number of benzene rings is 2. The summed E-state index contributed by atoms with van der Waals surface area (Å²) in [7, 11) is 5.64. The topological polar surface area (TPSA) is 372 Å². The lowest BCUT2D eigenvalue weighted by Gasteiger charge is -2.36. The van der Waals surface area contributed by atoms with E-state index in [1.807, 2.05) is 0 Å². The van der Waals surface area contributed by atoms with Crippen LogP contribution in [0.2, 0.25) is 0 Å². The number of esters is 2. The number of amides is 10. The molecule has 1 aliphatic carbocycles. The number of cyclic esters (lactones) is 2. The number of nitrogens with one attached hydrogen (secondary N) is 5. The zero-order chi connectivity index (χ0) is 73.3. The highest BCUT2D eigenvalue weighted by Gasteiger charge is 2.47. The molecule has 544 valence electrons. The van der Waals surface area contributed by atoms with Gasteiger partial charge in [-0.3, -0.25) is 52.7 Å². The Balaban J connectivity index is 1.38. The molecule has 29 heteroatoms. The first-order valence-corrected chi connectivity index (χ1v) is 34.8. The van der Waals surface area contributed by atoms with Crippen LogP contribution in [0.4, 0.5) is 5.69 Å². The average Bonchev–Trinajstić information content (AvgIpc) is 1.27. The van der Waals surface area contributed by atoms with E-state index < -0.39 is 179 Å². The van der Waals surface area contributed by atoms with Crippen molar-refractivity contribution in [3.05, 3.63) is 44.6 Å². The molecule has 0 aromatic heterocycles. The van der Waals surface area contributed by atoms with Crippen molar-refractivity contribution in [3.8, 4) is 11.5 Å². The predicted octanol–water partition coefficient (Wildman–Crippen LogP) is 2.85. The van der Waals surface area contributed by atoms with Gasteiger partial charge < -0.3 is 75.6 Å². The molecule has 1 aromatic rings. The van der Waals surface area contributed by atoms with Crippen LogP contribution in [0.3, 0.4) is 0 Å². The Hall–Kier alpha value is -8.76. The van der Waals surface area contributed by atoms with E-state index in [2.05, 4.69) is 26.6 Å². The minimum atomic E-state index is -1.87. The van der Waals surface area contributed by atoms with Crippen molar-refractivity contribution in [1.82, 2.24) is 55.7 Å². The smallest absolute Gasteiger partial charge is 0.329 e. The van der Waals surface area contributed by atoms with Crippen molar-refractivity contribution in [3.63, 3.8) is 0 Å². The van der Waals surface area contributed by atoms with Gasteiger partial charge in [0.2, 0.25) is 52.7 Å². The number of nitrogens with two attached hydrogens (primary N) is 1. The minimum absolute atomic E-state index is 0.0166. The number of carbonyl (C=O) groups is 12. The molecule has 0 radical (unpaired) electrons. The monoisotopic (exact) mass is 1380 g/mol. The fraction of sp³-hybridized carbons (Fsp3) is 0.657. The molecule has 10 atom stereocenters. The molecule has 29 nitrogen and oxygen atoms in total. The van der Waals surface area contributed by atoms with Gasteiger partial charge in [0.15, 0.2) is 11.3 Å². The normalized spacial score (nSPS) is 24.9. The van der Waals surface area contributed by atoms with E-state index in [0.29, 0.717) is 31.4 Å². The molecule has 0 spiro atoms. The first kappa shape index (κ1) is 77.6. The Morgan fingerprint density at radius 1 is 0.606 bits per heavy atom. The maximum atomic E-state index is 15.8. The molecule has 5 heterocycles. The van der Waals surface area contributed by atoms with Crippen LogP contribution in [0.5, 0.6) is 0 Å². The quantitative estimate of drug-likeness (QED) is 0.0643. The summed E-state index contributed by atoms with van der Waals surface area (Å²) in [5.74, 6) is -12.0. The number of nitrogens with zero attached hydrogens (tertiary/aromatic N) is 7. The molecule has 4 saturated heterocycles. The molecule has 7 N–H and O–H groups in total. The summed E-state index contributed by atoms with van der Waals surface area (Å²) < 4.78 is 18.7. The van der Waals surface area contributed by atoms with E-state index in [1.165, 1.54) is 80.7 Å². The third kappa shape index (κ3) is 17.3. The number of anilines is 1. The molecule has 99 heavy (non-hydrogen) atoms. The van der Waals surface area contributed by atoms with Gasteiger partial charge in [-0.25, -0.2) is 14.6 Å². The second kappa shape index (κ2) is 33.4. The Labute approximate surface area is 578 Å². The third-order valence-electron chi connectivity index (χ3n) is 19.4. The number of hydrogen-bond acceptors (Lipinski definition) is 19. The summed E-state index contributed by atoms with van der Waals surface area (Å²) in [5, 5.41) is 14.2. The number of fused-ring (bicyclic) bond motifs is 4. The van der Waals surface area contributed by atoms with Crippen molar-refractivity contribution in [2.45, 2.75) is 208 Å². The Morgan fingerprint density at radius 3 is 1.49 bits per heavy atom. The van der Waals surface area contributed by atoms with Crippen molar-refractivity contribution < 1.29 is 71.4 Å². The highest BCUT2D eigenvalue weighted by molar-refractivity contribution is 6.11. The zero-order valence-electron chi connectivity index (χ0n) is 60.3. The lowest BCUT2D eigenvalue weighted by atomic mass is 9.97. The summed E-state index contributed by atoms with van der Waals surface area (Å²) in [6, 6.07) is -7.81. The lowest BCUT2D eigenvalue weighted by Crippen LogP contribution is -2.61. The van der Waals surface area contributed by atoms with Gasteiger partial charge in [-0.15, -0.1) is 0 Å². The summed E-state index contributed by atoms with van der Waals surface area (Å²) in [6.07, 6.45) is 3.13. The number of carbonyl (C=O) groups excluding carboxylic acids is 12. The second-order valence-corrected chi connectivity index (χ2v) is 28.3. The van der Waals surface area contributed by atoms with E-state index in [1.54, 1.807) is 62.3 Å². The number of likely N-dealkylation sites (N-methyl/N-ethyl adjacent to an activating group) is 4. The van der Waals surface area contributed by atoms with Gasteiger partial charge in [0.25, 0.3) is 11.8 Å². The van der Waals surface area contributed by atoms with Crippen LogP contribution < -0.4 is 37.7 Å². The van der Waals surface area contributed by atoms with Crippen LogP contribution in [0.15, 0.2) is 21.3 Å². The number of rotatable bonds is 17. The van der Waals surface area contributed by atoms with Gasteiger partial charge in [0.1, 0.15) is 71.8 Å². The first-order chi connectivity index (χ1) is 46.6. The summed E-state index contributed by atoms with van der Waals surface area (Å²) in [5.41, 5.74) is 3.86. The summed E-state index contributed by atoms with van der Waals surface area (Å²) in [4.78, 5) is 203. The van der Waals surface area contributed by atoms with Crippen LogP contribution in [0.25, 0.3) is 22.6 Å². The minimum Gasteiger partial charge on any atom is -0.458 e. The molecule has 10 amide bonds. The van der Waals surface area contributed by atoms with Crippen LogP contribution in [-0.2, 0) is 57.4 Å². The molecular formula is C70H103N13O16. The van der Waals surface area contributed by atoms with Gasteiger partial charge in [-0.1, -0.05) is 87.1 Å². The van der Waals surface area contributed by atoms with Crippen LogP contribution in [0.1, 0.15) is 165 Å². The molecule has 0 bridgehead atoms. The number of aromatic nitrogens is 1. The molecule has 10 unspecified atom stereocenters. The Morgan fingerprint density at radius 2 is 1.05 bits per heavy atom. The summed E-state index contributed by atoms with van der Waals surface area (Å²) in [6.45, 7) is 19.4. The number of aryl methyl sites for hydroxylation is 1. The maximum Gasteiger partial charge on any atom is 0.329 e. The summed E-state index contributed by atoms with van der Waals surface area (Å²) >= 11 is 0. The van der Waals surface area contributed by atoms with E-state index in [0.717, 1.165) is 41.9 Å². The number of ether oxygens (including phenoxy) is 2. The Bertz CT molecular complexity index is 3590. The maximum absolute atomic E-state index is 15.8. The predicted molar refractivity (Wildman–Crippen MR) is 366 cm³/mol. The standard InChI is InChI=1S/C70H103N13O16/c1-35(2)49-67(93)82-31-23-25-44(82)65(91)78(13)33-46(84)80(15)56(37(5)6)69(95)97-41(11)51(63(89)74-49)76-61(87)43-28-27-39(9)59-53(43)73-55-48(54(58(86)40(10)60(55)99-59)72-30-22-20-18-17-19-21-29-71)62(88)77-52-42(12)98-70(96)57(38(7)8)81(16)47(85)34-79(14)66(92)45-26-24-32-83(45)68(94)50(36(3)4)75-64(52)90/h27-28,35-38,41-42,44-45,49-52,56-57,72H,17-26,29-34,71H2,1-16H3,(H,74,89)(H,75,90)(H,76,87)(H,77,88).